The topological polar surface area (TPSA) is 53.7 Å². The first-order valence-corrected chi connectivity index (χ1v) is 9.98. The molecule has 0 saturated carbocycles. The average molecular weight is 395 g/mol. The van der Waals surface area contributed by atoms with Crippen LogP contribution in [0, 0.1) is 12.7 Å². The lowest BCUT2D eigenvalue weighted by atomic mass is 10.0. The minimum atomic E-state index is -0.437. The van der Waals surface area contributed by atoms with Gasteiger partial charge < -0.3 is 5.11 Å². The van der Waals surface area contributed by atoms with E-state index in [1.54, 1.807) is 19.1 Å². The highest BCUT2D eigenvalue weighted by Gasteiger charge is 2.30. The van der Waals surface area contributed by atoms with Crippen LogP contribution in [0.25, 0.3) is 4.96 Å². The first-order valence-electron chi connectivity index (χ1n) is 8.78. The van der Waals surface area contributed by atoms with E-state index >= 15 is 0 Å². The fourth-order valence-electron chi connectivity index (χ4n) is 3.59. The number of likely N-dealkylation sites (tertiary alicyclic amines) is 1. The van der Waals surface area contributed by atoms with Crippen molar-refractivity contribution in [3.05, 3.63) is 45.3 Å². The molecule has 0 spiro atoms. The Balaban J connectivity index is 1.83. The molecule has 0 bridgehead atoms. The van der Waals surface area contributed by atoms with Crippen LogP contribution in [0.4, 0.5) is 4.39 Å². The fraction of sp³-hybridized carbons (Fsp3) is 0.444. The molecular formula is C18H20ClFN4OS. The normalized spacial score (nSPS) is 17.5. The summed E-state index contributed by atoms with van der Waals surface area (Å²) in [5.74, 6) is 0.280. The summed E-state index contributed by atoms with van der Waals surface area (Å²) in [4.78, 5) is 8.14. The van der Waals surface area contributed by atoms with E-state index in [0.29, 0.717) is 10.8 Å². The lowest BCUT2D eigenvalue weighted by molar-refractivity contribution is 0.232. The molecule has 1 aliphatic heterocycles. The van der Waals surface area contributed by atoms with Gasteiger partial charge in [0.15, 0.2) is 0 Å². The molecule has 1 atom stereocenters. The maximum absolute atomic E-state index is 13.7. The van der Waals surface area contributed by atoms with Gasteiger partial charge in [0, 0.05) is 0 Å². The molecule has 1 N–H and O–H groups in total. The number of hydrogen-bond donors (Lipinski definition) is 1. The van der Waals surface area contributed by atoms with Crippen LogP contribution in [0.3, 0.4) is 0 Å². The SMILES string of the molecule is Cc1nc2sc(C(c3ccc(F)c(Cl)c3)N3CCCCCC3)c(O)n2n1. The highest BCUT2D eigenvalue weighted by Crippen LogP contribution is 2.41. The zero-order valence-corrected chi connectivity index (χ0v) is 16.0. The molecule has 0 radical (unpaired) electrons. The Bertz CT molecular complexity index is 933. The largest absolute Gasteiger partial charge is 0.492 e. The van der Waals surface area contributed by atoms with E-state index in [0.717, 1.165) is 36.4 Å². The third-order valence-electron chi connectivity index (χ3n) is 4.82. The minimum Gasteiger partial charge on any atom is -0.492 e. The van der Waals surface area contributed by atoms with Crippen molar-refractivity contribution < 1.29 is 9.50 Å². The summed E-state index contributed by atoms with van der Waals surface area (Å²) in [6, 6.07) is 4.60. The molecule has 2 aromatic heterocycles. The molecule has 1 fully saturated rings. The molecule has 26 heavy (non-hydrogen) atoms. The van der Waals surface area contributed by atoms with E-state index < -0.39 is 5.82 Å². The average Bonchev–Trinajstić information content (AvgIpc) is 2.97. The van der Waals surface area contributed by atoms with Crippen LogP contribution in [0.15, 0.2) is 18.2 Å². The van der Waals surface area contributed by atoms with Crippen molar-refractivity contribution in [2.24, 2.45) is 0 Å². The molecule has 1 saturated heterocycles. The van der Waals surface area contributed by atoms with Gasteiger partial charge in [-0.25, -0.2) is 9.37 Å². The van der Waals surface area contributed by atoms with Crippen LogP contribution < -0.4 is 0 Å². The van der Waals surface area contributed by atoms with E-state index in [9.17, 15) is 9.50 Å². The number of nitrogens with zero attached hydrogens (tertiary/aromatic N) is 4. The number of aryl methyl sites for hydroxylation is 1. The van der Waals surface area contributed by atoms with E-state index in [-0.39, 0.29) is 16.9 Å². The van der Waals surface area contributed by atoms with Gasteiger partial charge in [0.1, 0.15) is 11.6 Å². The first-order chi connectivity index (χ1) is 12.5. The smallest absolute Gasteiger partial charge is 0.230 e. The number of halogens is 2. The highest BCUT2D eigenvalue weighted by atomic mass is 35.5. The number of aromatic nitrogens is 3. The zero-order chi connectivity index (χ0) is 18.3. The van der Waals surface area contributed by atoms with E-state index in [1.807, 2.05) is 0 Å². The molecule has 0 aliphatic carbocycles. The lowest BCUT2D eigenvalue weighted by Crippen LogP contribution is -2.30. The van der Waals surface area contributed by atoms with Crippen LogP contribution in [-0.2, 0) is 0 Å². The summed E-state index contributed by atoms with van der Waals surface area (Å²) in [7, 11) is 0. The fourth-order valence-corrected chi connectivity index (χ4v) is 4.94. The molecule has 5 nitrogen and oxygen atoms in total. The van der Waals surface area contributed by atoms with Gasteiger partial charge in [0.2, 0.25) is 10.8 Å². The quantitative estimate of drug-likeness (QED) is 0.707. The molecule has 0 amide bonds. The summed E-state index contributed by atoms with van der Waals surface area (Å²) < 4.78 is 15.2. The summed E-state index contributed by atoms with van der Waals surface area (Å²) in [6.07, 6.45) is 4.61. The number of rotatable bonds is 3. The molecule has 4 rings (SSSR count). The van der Waals surface area contributed by atoms with E-state index in [2.05, 4.69) is 15.0 Å². The van der Waals surface area contributed by atoms with E-state index in [4.69, 9.17) is 11.6 Å². The third kappa shape index (κ3) is 3.19. The van der Waals surface area contributed by atoms with Gasteiger partial charge in [0.05, 0.1) is 15.9 Å². The summed E-state index contributed by atoms with van der Waals surface area (Å²) in [5, 5.41) is 15.2. The Kier molecular flexibility index (Phi) is 4.86. The predicted molar refractivity (Wildman–Crippen MR) is 101 cm³/mol. The van der Waals surface area contributed by atoms with Gasteiger partial charge in [0.25, 0.3) is 0 Å². The number of hydrogen-bond acceptors (Lipinski definition) is 5. The van der Waals surface area contributed by atoms with Gasteiger partial charge >= 0.3 is 0 Å². The number of aromatic hydroxyl groups is 1. The van der Waals surface area contributed by atoms with Gasteiger partial charge in [-0.05, 0) is 50.6 Å². The maximum Gasteiger partial charge on any atom is 0.230 e. The van der Waals surface area contributed by atoms with Crippen LogP contribution >= 0.6 is 22.9 Å². The predicted octanol–water partition coefficient (Wildman–Crippen LogP) is 4.56. The van der Waals surface area contributed by atoms with Gasteiger partial charge in [-0.2, -0.15) is 4.52 Å². The van der Waals surface area contributed by atoms with Crippen molar-refractivity contribution in [1.82, 2.24) is 19.5 Å². The van der Waals surface area contributed by atoms with Crippen LogP contribution in [0.5, 0.6) is 5.88 Å². The Morgan fingerprint density at radius 3 is 2.62 bits per heavy atom. The standard InChI is InChI=1S/C18H20ClFN4OS/c1-11-21-18-24(22-11)17(25)16(26-18)15(23-8-4-2-3-5-9-23)12-6-7-14(20)13(19)10-12/h6-7,10,15,25H,2-5,8-9H2,1H3. The minimum absolute atomic E-state index is 0.0946. The maximum atomic E-state index is 13.7. The summed E-state index contributed by atoms with van der Waals surface area (Å²) >= 11 is 7.47. The summed E-state index contributed by atoms with van der Waals surface area (Å²) in [6.45, 7) is 3.64. The Labute approximate surface area is 160 Å². The van der Waals surface area contributed by atoms with E-state index in [1.165, 1.54) is 34.8 Å². The zero-order valence-electron chi connectivity index (χ0n) is 14.5. The van der Waals surface area contributed by atoms with Gasteiger partial charge in [-0.1, -0.05) is 41.8 Å². The lowest BCUT2D eigenvalue weighted by Gasteiger charge is -2.30. The molecular weight excluding hydrogens is 375 g/mol. The van der Waals surface area contributed by atoms with Crippen molar-refractivity contribution in [3.8, 4) is 5.88 Å². The van der Waals surface area contributed by atoms with Crippen molar-refractivity contribution in [1.29, 1.82) is 0 Å². The second-order valence-electron chi connectivity index (χ2n) is 6.67. The van der Waals surface area contributed by atoms with Crippen molar-refractivity contribution in [2.75, 3.05) is 13.1 Å². The highest BCUT2D eigenvalue weighted by molar-refractivity contribution is 7.17. The van der Waals surface area contributed by atoms with Crippen molar-refractivity contribution in [2.45, 2.75) is 38.6 Å². The second kappa shape index (κ2) is 7.13. The molecule has 1 aliphatic rings. The molecule has 1 aromatic carbocycles. The van der Waals surface area contributed by atoms with Gasteiger partial charge in [-0.3, -0.25) is 4.90 Å². The number of fused-ring (bicyclic) bond motifs is 1. The molecule has 1 unspecified atom stereocenters. The molecule has 3 aromatic rings. The Morgan fingerprint density at radius 1 is 1.23 bits per heavy atom. The van der Waals surface area contributed by atoms with Crippen LogP contribution in [0.1, 0.15) is 48.0 Å². The Hall–Kier alpha value is -1.70. The monoisotopic (exact) mass is 394 g/mol. The molecule has 3 heterocycles. The van der Waals surface area contributed by atoms with Gasteiger partial charge in [-0.15, -0.1) is 5.10 Å². The van der Waals surface area contributed by atoms with Crippen molar-refractivity contribution >= 4 is 27.9 Å². The van der Waals surface area contributed by atoms with Crippen LogP contribution in [0.2, 0.25) is 5.02 Å². The summed E-state index contributed by atoms with van der Waals surface area (Å²) in [5.41, 5.74) is 0.870. The van der Waals surface area contributed by atoms with Crippen molar-refractivity contribution in [3.63, 3.8) is 0 Å². The number of benzene rings is 1. The molecule has 8 heteroatoms. The Morgan fingerprint density at radius 2 is 1.96 bits per heavy atom. The first kappa shape index (κ1) is 17.7. The van der Waals surface area contributed by atoms with Crippen LogP contribution in [-0.4, -0.2) is 37.7 Å². The second-order valence-corrected chi connectivity index (χ2v) is 8.09. The third-order valence-corrected chi connectivity index (χ3v) is 6.18. The number of thiazole rings is 1. The molecule has 138 valence electrons.